The van der Waals surface area contributed by atoms with Crippen LogP contribution in [0.2, 0.25) is 0 Å². The molecule has 2 aromatic carbocycles. The summed E-state index contributed by atoms with van der Waals surface area (Å²) in [5.41, 5.74) is 2.80. The summed E-state index contributed by atoms with van der Waals surface area (Å²) in [6.45, 7) is 2.21. The second kappa shape index (κ2) is 7.67. The number of aromatic nitrogens is 3. The van der Waals surface area contributed by atoms with Gasteiger partial charge in [0.15, 0.2) is 6.61 Å². The average molecular weight is 381 g/mol. The molecule has 0 saturated carbocycles. The number of benzene rings is 2. The van der Waals surface area contributed by atoms with Gasteiger partial charge in [-0.2, -0.15) is 4.98 Å². The van der Waals surface area contributed by atoms with Crippen LogP contribution >= 0.6 is 11.3 Å². The molecule has 7 heteroatoms. The third kappa shape index (κ3) is 4.03. The van der Waals surface area contributed by atoms with E-state index in [1.54, 1.807) is 23.5 Å². The van der Waals surface area contributed by atoms with Gasteiger partial charge in [-0.05, 0) is 36.8 Å². The minimum Gasteiger partial charge on any atom is -0.484 e. The highest BCUT2D eigenvalue weighted by atomic mass is 32.1. The highest BCUT2D eigenvalue weighted by Gasteiger charge is 2.11. The number of ether oxygens (including phenoxy) is 1. The van der Waals surface area contributed by atoms with Crippen molar-refractivity contribution < 1.29 is 13.7 Å². The fourth-order valence-electron chi connectivity index (χ4n) is 2.53. The first-order chi connectivity index (χ1) is 13.2. The molecular formula is C20H16FN3O2S. The number of halogens is 1. The van der Waals surface area contributed by atoms with E-state index in [9.17, 15) is 4.39 Å². The Hall–Kier alpha value is -3.06. The molecule has 4 aromatic rings. The van der Waals surface area contributed by atoms with E-state index in [0.29, 0.717) is 17.5 Å². The molecule has 0 aliphatic carbocycles. The van der Waals surface area contributed by atoms with E-state index in [-0.39, 0.29) is 12.4 Å². The lowest BCUT2D eigenvalue weighted by molar-refractivity contribution is 0.242. The SMILES string of the molecule is CCc1nc(-c2cccc(-c3noc(COc4ccc(F)cc4)n3)c2)cs1. The van der Waals surface area contributed by atoms with Crippen molar-refractivity contribution in [3.63, 3.8) is 0 Å². The van der Waals surface area contributed by atoms with Crippen LogP contribution in [0.25, 0.3) is 22.6 Å². The topological polar surface area (TPSA) is 61.0 Å². The molecule has 2 aromatic heterocycles. The largest absolute Gasteiger partial charge is 0.484 e. The lowest BCUT2D eigenvalue weighted by Crippen LogP contribution is -1.95. The normalized spacial score (nSPS) is 10.9. The second-order valence-electron chi connectivity index (χ2n) is 5.82. The lowest BCUT2D eigenvalue weighted by atomic mass is 10.1. The predicted octanol–water partition coefficient (Wildman–Crippen LogP) is 5.14. The smallest absolute Gasteiger partial charge is 0.264 e. The number of rotatable bonds is 6. The number of aryl methyl sites for hydroxylation is 1. The van der Waals surface area contributed by atoms with Crippen LogP contribution < -0.4 is 4.74 Å². The van der Waals surface area contributed by atoms with Crippen molar-refractivity contribution in [1.82, 2.24) is 15.1 Å². The summed E-state index contributed by atoms with van der Waals surface area (Å²) in [6.07, 6.45) is 0.923. The molecule has 0 N–H and O–H groups in total. The van der Waals surface area contributed by atoms with Crippen molar-refractivity contribution in [3.05, 3.63) is 70.6 Å². The van der Waals surface area contributed by atoms with Crippen LogP contribution in [-0.2, 0) is 13.0 Å². The molecule has 0 aliphatic heterocycles. The van der Waals surface area contributed by atoms with E-state index in [0.717, 1.165) is 28.2 Å². The molecule has 0 saturated heterocycles. The van der Waals surface area contributed by atoms with Crippen molar-refractivity contribution in [3.8, 4) is 28.4 Å². The van der Waals surface area contributed by atoms with Gasteiger partial charge in [-0.3, -0.25) is 0 Å². The van der Waals surface area contributed by atoms with E-state index in [1.165, 1.54) is 12.1 Å². The molecule has 0 amide bonds. The third-order valence-corrected chi connectivity index (χ3v) is 4.91. The number of nitrogens with zero attached hydrogens (tertiary/aromatic N) is 3. The van der Waals surface area contributed by atoms with Gasteiger partial charge in [-0.25, -0.2) is 9.37 Å². The Morgan fingerprint density at radius 3 is 2.67 bits per heavy atom. The summed E-state index contributed by atoms with van der Waals surface area (Å²) in [5.74, 6) is 1.06. The molecule has 0 aliphatic rings. The highest BCUT2D eigenvalue weighted by Crippen LogP contribution is 2.26. The Labute approximate surface area is 159 Å². The molecule has 0 unspecified atom stereocenters. The number of thiazole rings is 1. The average Bonchev–Trinajstić information content (AvgIpc) is 3.37. The molecule has 5 nitrogen and oxygen atoms in total. The van der Waals surface area contributed by atoms with Crippen molar-refractivity contribution >= 4 is 11.3 Å². The maximum absolute atomic E-state index is 12.9. The maximum atomic E-state index is 12.9. The lowest BCUT2D eigenvalue weighted by Gasteiger charge is -2.02. The minimum atomic E-state index is -0.312. The molecule has 0 spiro atoms. The Kier molecular flexibility index (Phi) is 4.93. The van der Waals surface area contributed by atoms with Crippen LogP contribution in [0, 0.1) is 5.82 Å². The Morgan fingerprint density at radius 1 is 1.07 bits per heavy atom. The molecular weight excluding hydrogens is 365 g/mol. The molecule has 0 fully saturated rings. The van der Waals surface area contributed by atoms with E-state index < -0.39 is 0 Å². The summed E-state index contributed by atoms with van der Waals surface area (Å²) < 4.78 is 23.7. The van der Waals surface area contributed by atoms with Gasteiger partial charge in [0, 0.05) is 16.5 Å². The zero-order valence-electron chi connectivity index (χ0n) is 14.6. The zero-order valence-corrected chi connectivity index (χ0v) is 15.4. The van der Waals surface area contributed by atoms with Crippen molar-refractivity contribution in [2.24, 2.45) is 0 Å². The molecule has 0 atom stereocenters. The van der Waals surface area contributed by atoms with Gasteiger partial charge in [-0.1, -0.05) is 30.3 Å². The standard InChI is InChI=1S/C20H16FN3O2S/c1-2-19-22-17(12-27-19)13-4-3-5-14(10-13)20-23-18(26-24-20)11-25-16-8-6-15(21)7-9-16/h3-10,12H,2,11H2,1H3. The highest BCUT2D eigenvalue weighted by molar-refractivity contribution is 7.09. The van der Waals surface area contributed by atoms with Crippen LogP contribution in [0.1, 0.15) is 17.8 Å². The summed E-state index contributed by atoms with van der Waals surface area (Å²) >= 11 is 1.65. The van der Waals surface area contributed by atoms with Crippen LogP contribution in [0.5, 0.6) is 5.75 Å². The van der Waals surface area contributed by atoms with E-state index in [1.807, 2.05) is 24.3 Å². The van der Waals surface area contributed by atoms with Gasteiger partial charge in [-0.15, -0.1) is 11.3 Å². The molecule has 0 bridgehead atoms. The summed E-state index contributed by atoms with van der Waals surface area (Å²) in [7, 11) is 0. The van der Waals surface area contributed by atoms with Crippen LogP contribution in [0.3, 0.4) is 0 Å². The first-order valence-electron chi connectivity index (χ1n) is 8.47. The van der Waals surface area contributed by atoms with Gasteiger partial charge in [0.25, 0.3) is 5.89 Å². The Morgan fingerprint density at radius 2 is 1.89 bits per heavy atom. The third-order valence-electron chi connectivity index (χ3n) is 3.91. The molecule has 0 radical (unpaired) electrons. The first kappa shape index (κ1) is 17.4. The van der Waals surface area contributed by atoms with Gasteiger partial charge in [0.2, 0.25) is 5.82 Å². The van der Waals surface area contributed by atoms with Gasteiger partial charge >= 0.3 is 0 Å². The van der Waals surface area contributed by atoms with E-state index in [4.69, 9.17) is 9.26 Å². The zero-order chi connectivity index (χ0) is 18.6. The van der Waals surface area contributed by atoms with E-state index in [2.05, 4.69) is 27.4 Å². The molecule has 4 rings (SSSR count). The van der Waals surface area contributed by atoms with Crippen molar-refractivity contribution in [2.45, 2.75) is 20.0 Å². The number of hydrogen-bond donors (Lipinski definition) is 0. The molecule has 27 heavy (non-hydrogen) atoms. The van der Waals surface area contributed by atoms with Gasteiger partial charge < -0.3 is 9.26 Å². The first-order valence-corrected chi connectivity index (χ1v) is 9.35. The van der Waals surface area contributed by atoms with E-state index >= 15 is 0 Å². The van der Waals surface area contributed by atoms with Crippen LogP contribution in [-0.4, -0.2) is 15.1 Å². The van der Waals surface area contributed by atoms with Crippen molar-refractivity contribution in [2.75, 3.05) is 0 Å². The van der Waals surface area contributed by atoms with Crippen LogP contribution in [0.4, 0.5) is 4.39 Å². The monoisotopic (exact) mass is 381 g/mol. The fraction of sp³-hybridized carbons (Fsp3) is 0.150. The van der Waals surface area contributed by atoms with Gasteiger partial charge in [0.1, 0.15) is 11.6 Å². The quantitative estimate of drug-likeness (QED) is 0.463. The Balaban J connectivity index is 1.49. The minimum absolute atomic E-state index is 0.115. The van der Waals surface area contributed by atoms with Crippen molar-refractivity contribution in [1.29, 1.82) is 0 Å². The Bertz CT molecular complexity index is 1040. The van der Waals surface area contributed by atoms with Gasteiger partial charge in [0.05, 0.1) is 10.7 Å². The summed E-state index contributed by atoms with van der Waals surface area (Å²) in [4.78, 5) is 8.99. The fourth-order valence-corrected chi connectivity index (χ4v) is 3.28. The summed E-state index contributed by atoms with van der Waals surface area (Å²) in [6, 6.07) is 13.6. The summed E-state index contributed by atoms with van der Waals surface area (Å²) in [5, 5.41) is 7.18. The second-order valence-corrected chi connectivity index (χ2v) is 6.76. The molecule has 136 valence electrons. The van der Waals surface area contributed by atoms with Crippen LogP contribution in [0.15, 0.2) is 58.4 Å². The predicted molar refractivity (Wildman–Crippen MR) is 101 cm³/mol. The maximum Gasteiger partial charge on any atom is 0.264 e. The molecule has 2 heterocycles. The number of hydrogen-bond acceptors (Lipinski definition) is 6.